The van der Waals surface area contributed by atoms with Crippen LogP contribution in [0.15, 0.2) is 0 Å². The average Bonchev–Trinajstić information content (AvgIpc) is 3.32. The summed E-state index contributed by atoms with van der Waals surface area (Å²) >= 11 is 0. The fourth-order valence-corrected chi connectivity index (χ4v) is 4.00. The second kappa shape index (κ2) is 5.64. The minimum absolute atomic E-state index is 0.297. The van der Waals surface area contributed by atoms with Crippen LogP contribution in [0, 0.1) is 11.8 Å². The van der Waals surface area contributed by atoms with E-state index in [9.17, 15) is 9.90 Å². The van der Waals surface area contributed by atoms with Gasteiger partial charge < -0.3 is 15.3 Å². The SMILES string of the molecule is CNC1(C(=O)O)CCCC1CCN(CC1CC1)C1CC1. The number of carboxylic acids is 1. The summed E-state index contributed by atoms with van der Waals surface area (Å²) in [5.41, 5.74) is -0.658. The molecule has 2 atom stereocenters. The molecule has 20 heavy (non-hydrogen) atoms. The standard InChI is InChI=1S/C16H28N2O2/c1-17-16(15(19)20)9-2-3-13(16)8-10-18(14-6-7-14)11-12-4-5-12/h12-14,17H,2-11H2,1H3,(H,19,20). The predicted octanol–water partition coefficient (Wildman–Crippen LogP) is 2.09. The Hall–Kier alpha value is -0.610. The van der Waals surface area contributed by atoms with Crippen molar-refractivity contribution in [2.45, 2.75) is 62.9 Å². The first-order valence-electron chi connectivity index (χ1n) is 8.32. The molecule has 0 aromatic rings. The summed E-state index contributed by atoms with van der Waals surface area (Å²) in [4.78, 5) is 14.3. The Bertz CT molecular complexity index is 365. The van der Waals surface area contributed by atoms with Crippen LogP contribution in [0.1, 0.15) is 51.4 Å². The van der Waals surface area contributed by atoms with Gasteiger partial charge in [0.2, 0.25) is 0 Å². The van der Waals surface area contributed by atoms with Crippen molar-refractivity contribution in [3.05, 3.63) is 0 Å². The lowest BCUT2D eigenvalue weighted by molar-refractivity contribution is -0.146. The smallest absolute Gasteiger partial charge is 0.324 e. The molecule has 2 unspecified atom stereocenters. The van der Waals surface area contributed by atoms with Gasteiger partial charge in [0.1, 0.15) is 5.54 Å². The van der Waals surface area contributed by atoms with E-state index in [0.29, 0.717) is 5.92 Å². The van der Waals surface area contributed by atoms with E-state index in [1.807, 2.05) is 7.05 Å². The van der Waals surface area contributed by atoms with E-state index >= 15 is 0 Å². The number of hydrogen-bond acceptors (Lipinski definition) is 3. The molecule has 3 aliphatic rings. The molecule has 3 fully saturated rings. The number of hydrogen-bond donors (Lipinski definition) is 2. The minimum atomic E-state index is -0.658. The van der Waals surface area contributed by atoms with Gasteiger partial charge in [-0.1, -0.05) is 6.42 Å². The molecule has 0 aliphatic heterocycles. The van der Waals surface area contributed by atoms with Crippen molar-refractivity contribution in [1.29, 1.82) is 0 Å². The number of likely N-dealkylation sites (N-methyl/N-ethyl adjacent to an activating group) is 1. The molecule has 3 aliphatic carbocycles. The van der Waals surface area contributed by atoms with Gasteiger partial charge in [0.05, 0.1) is 0 Å². The second-order valence-electron chi connectivity index (χ2n) is 7.07. The van der Waals surface area contributed by atoms with Crippen molar-refractivity contribution in [2.75, 3.05) is 20.1 Å². The van der Waals surface area contributed by atoms with Crippen molar-refractivity contribution in [1.82, 2.24) is 10.2 Å². The Morgan fingerprint density at radius 3 is 2.60 bits per heavy atom. The van der Waals surface area contributed by atoms with Crippen LogP contribution in [0.5, 0.6) is 0 Å². The van der Waals surface area contributed by atoms with Crippen molar-refractivity contribution >= 4 is 5.97 Å². The number of nitrogens with one attached hydrogen (secondary N) is 1. The second-order valence-corrected chi connectivity index (χ2v) is 7.07. The van der Waals surface area contributed by atoms with Gasteiger partial charge >= 0.3 is 5.97 Å². The molecule has 2 N–H and O–H groups in total. The van der Waals surface area contributed by atoms with E-state index in [1.54, 1.807) is 0 Å². The van der Waals surface area contributed by atoms with Crippen molar-refractivity contribution < 1.29 is 9.90 Å². The van der Waals surface area contributed by atoms with Crippen LogP contribution in [-0.2, 0) is 4.79 Å². The zero-order chi connectivity index (χ0) is 14.2. The maximum atomic E-state index is 11.7. The molecule has 3 saturated carbocycles. The molecular formula is C16H28N2O2. The van der Waals surface area contributed by atoms with Gasteiger partial charge in [0.25, 0.3) is 0 Å². The third-order valence-electron chi connectivity index (χ3n) is 5.67. The zero-order valence-corrected chi connectivity index (χ0v) is 12.6. The number of carbonyl (C=O) groups is 1. The van der Waals surface area contributed by atoms with Crippen LogP contribution in [0.25, 0.3) is 0 Å². The highest BCUT2D eigenvalue weighted by Crippen LogP contribution is 2.40. The molecular weight excluding hydrogens is 252 g/mol. The van der Waals surface area contributed by atoms with Crippen LogP contribution in [0.3, 0.4) is 0 Å². The third-order valence-corrected chi connectivity index (χ3v) is 5.67. The van der Waals surface area contributed by atoms with Gasteiger partial charge in [-0.05, 0) is 70.4 Å². The van der Waals surface area contributed by atoms with Crippen LogP contribution in [-0.4, -0.2) is 47.7 Å². The highest BCUT2D eigenvalue weighted by Gasteiger charge is 2.48. The molecule has 0 spiro atoms. The summed E-state index contributed by atoms with van der Waals surface area (Å²) in [5.74, 6) is 0.584. The van der Waals surface area contributed by atoms with E-state index in [-0.39, 0.29) is 0 Å². The molecule has 4 nitrogen and oxygen atoms in total. The Labute approximate surface area is 121 Å². The van der Waals surface area contributed by atoms with E-state index in [0.717, 1.165) is 44.2 Å². The summed E-state index contributed by atoms with van der Waals surface area (Å²) in [6, 6.07) is 0.811. The first-order valence-corrected chi connectivity index (χ1v) is 8.32. The quantitative estimate of drug-likeness (QED) is 0.715. The Morgan fingerprint density at radius 1 is 1.30 bits per heavy atom. The zero-order valence-electron chi connectivity index (χ0n) is 12.6. The summed E-state index contributed by atoms with van der Waals surface area (Å²) in [6.07, 6.45) is 9.45. The number of aliphatic carboxylic acids is 1. The molecule has 3 rings (SSSR count). The Balaban J connectivity index is 1.56. The molecule has 0 aromatic heterocycles. The van der Waals surface area contributed by atoms with Gasteiger partial charge in [-0.25, -0.2) is 0 Å². The van der Waals surface area contributed by atoms with Gasteiger partial charge in [-0.3, -0.25) is 4.79 Å². The number of nitrogens with zero attached hydrogens (tertiary/aromatic N) is 1. The topological polar surface area (TPSA) is 52.6 Å². The van der Waals surface area contributed by atoms with Crippen LogP contribution < -0.4 is 5.32 Å². The predicted molar refractivity (Wildman–Crippen MR) is 78.7 cm³/mol. The third kappa shape index (κ3) is 2.86. The summed E-state index contributed by atoms with van der Waals surface area (Å²) in [7, 11) is 1.81. The molecule has 0 radical (unpaired) electrons. The van der Waals surface area contributed by atoms with Gasteiger partial charge in [-0.15, -0.1) is 0 Å². The van der Waals surface area contributed by atoms with E-state index < -0.39 is 11.5 Å². The maximum absolute atomic E-state index is 11.7. The maximum Gasteiger partial charge on any atom is 0.324 e. The van der Waals surface area contributed by atoms with E-state index in [2.05, 4.69) is 10.2 Å². The lowest BCUT2D eigenvalue weighted by atomic mass is 9.84. The molecule has 0 heterocycles. The summed E-state index contributed by atoms with van der Waals surface area (Å²) in [6.45, 7) is 2.36. The Morgan fingerprint density at radius 2 is 2.05 bits per heavy atom. The highest BCUT2D eigenvalue weighted by molar-refractivity contribution is 5.79. The average molecular weight is 280 g/mol. The van der Waals surface area contributed by atoms with Crippen LogP contribution in [0.2, 0.25) is 0 Å². The molecule has 0 bridgehead atoms. The molecule has 0 amide bonds. The lowest BCUT2D eigenvalue weighted by Gasteiger charge is -2.33. The fourth-order valence-electron chi connectivity index (χ4n) is 4.00. The highest BCUT2D eigenvalue weighted by atomic mass is 16.4. The number of rotatable bonds is 8. The lowest BCUT2D eigenvalue weighted by Crippen LogP contribution is -2.53. The normalized spacial score (nSPS) is 33.8. The molecule has 0 aromatic carbocycles. The first-order chi connectivity index (χ1) is 9.65. The van der Waals surface area contributed by atoms with Gasteiger partial charge in [0.15, 0.2) is 0 Å². The van der Waals surface area contributed by atoms with E-state index in [1.165, 1.54) is 32.2 Å². The van der Waals surface area contributed by atoms with Crippen molar-refractivity contribution in [2.24, 2.45) is 11.8 Å². The van der Waals surface area contributed by atoms with Crippen LogP contribution in [0.4, 0.5) is 0 Å². The molecule has 114 valence electrons. The fraction of sp³-hybridized carbons (Fsp3) is 0.938. The molecule has 4 heteroatoms. The van der Waals surface area contributed by atoms with Crippen LogP contribution >= 0.6 is 0 Å². The van der Waals surface area contributed by atoms with Gasteiger partial charge in [0, 0.05) is 12.6 Å². The van der Waals surface area contributed by atoms with Crippen molar-refractivity contribution in [3.63, 3.8) is 0 Å². The van der Waals surface area contributed by atoms with Gasteiger partial charge in [-0.2, -0.15) is 0 Å². The monoisotopic (exact) mass is 280 g/mol. The summed E-state index contributed by atoms with van der Waals surface area (Å²) in [5, 5.41) is 12.7. The molecule has 0 saturated heterocycles. The largest absolute Gasteiger partial charge is 0.480 e. The van der Waals surface area contributed by atoms with E-state index in [4.69, 9.17) is 0 Å². The number of carboxylic acid groups (broad SMARTS) is 1. The van der Waals surface area contributed by atoms with Crippen molar-refractivity contribution in [3.8, 4) is 0 Å². The first kappa shape index (κ1) is 14.3. The Kier molecular flexibility index (Phi) is 4.04. The minimum Gasteiger partial charge on any atom is -0.480 e. The summed E-state index contributed by atoms with van der Waals surface area (Å²) < 4.78 is 0.